The van der Waals surface area contributed by atoms with Crippen molar-refractivity contribution in [3.8, 4) is 0 Å². The smallest absolute Gasteiger partial charge is 0.326 e. The Bertz CT molecular complexity index is 1520. The van der Waals surface area contributed by atoms with E-state index in [1.165, 1.54) is 0 Å². The number of hydrogen-bond acceptors (Lipinski definition) is 15. The molecule has 10 N–H and O–H groups in total. The quantitative estimate of drug-likeness (QED) is 0.0204. The first-order valence-electron chi connectivity index (χ1n) is 19.9. The van der Waals surface area contributed by atoms with Gasteiger partial charge in [0.05, 0.1) is 45.0 Å². The zero-order chi connectivity index (χ0) is 48.8. The molecule has 65 heavy (non-hydrogen) atoms. The summed E-state index contributed by atoms with van der Waals surface area (Å²) in [5, 5.41) is 38.4. The summed E-state index contributed by atoms with van der Waals surface area (Å²) < 4.78 is 21.0. The highest BCUT2D eigenvalue weighted by Crippen LogP contribution is 2.05. The molecule has 26 nitrogen and oxygen atoms in total. The second kappa shape index (κ2) is 38.3. The lowest BCUT2D eigenvalue weighted by molar-refractivity contribution is -0.144. The van der Waals surface area contributed by atoms with Gasteiger partial charge < -0.3 is 76.6 Å². The van der Waals surface area contributed by atoms with Crippen LogP contribution < -0.4 is 42.5 Å². The predicted molar refractivity (Wildman–Crippen MR) is 231 cm³/mol. The molecule has 0 aliphatic heterocycles. The summed E-state index contributed by atoms with van der Waals surface area (Å²) in [5.74, 6) is -9.01. The third-order valence-corrected chi connectivity index (χ3v) is 8.80. The van der Waals surface area contributed by atoms with Crippen molar-refractivity contribution >= 4 is 104 Å². The number of hydrogen-bond donors (Lipinski definition) is 10. The first kappa shape index (κ1) is 60.1. The van der Waals surface area contributed by atoms with Gasteiger partial charge in [-0.05, 0) is 12.8 Å². The van der Waals surface area contributed by atoms with Crippen molar-refractivity contribution < 1.29 is 81.9 Å². The number of carbonyl (C=O) groups is 11. The van der Waals surface area contributed by atoms with Crippen LogP contribution in [0.15, 0.2) is 0 Å². The molecule has 9 amide bonds. The number of rotatable bonds is 39. The molecule has 2 atom stereocenters. The molecular weight excluding hydrogens is 981 g/mol. The van der Waals surface area contributed by atoms with Crippen LogP contribution in [-0.2, 0) is 71.7 Å². The maximum absolute atomic E-state index is 13.6. The SMILES string of the molecule is O=C(O)CC[C@@H](NC(=O)COCCOCCNC(=O)CC[C@@H](NC(=O)COCCOCCNC(=O)CBr)C(=O)O)C(=O)N(CC(=O)NCCNC(=O)CCl)CC(=O)NCCNC(=O)CCl. The molecular formula is C36H58BrCl2N9O17. The van der Waals surface area contributed by atoms with E-state index in [1.54, 1.807) is 0 Å². The van der Waals surface area contributed by atoms with Crippen molar-refractivity contribution in [1.82, 2.24) is 47.4 Å². The average Bonchev–Trinajstić information content (AvgIpc) is 3.27. The van der Waals surface area contributed by atoms with Crippen LogP contribution in [0.4, 0.5) is 0 Å². The zero-order valence-corrected chi connectivity index (χ0v) is 38.6. The molecule has 0 saturated carbocycles. The van der Waals surface area contributed by atoms with Crippen molar-refractivity contribution in [1.29, 1.82) is 0 Å². The largest absolute Gasteiger partial charge is 0.481 e. The highest BCUT2D eigenvalue weighted by molar-refractivity contribution is 9.09. The van der Waals surface area contributed by atoms with Gasteiger partial charge in [-0.3, -0.25) is 47.9 Å². The van der Waals surface area contributed by atoms with Gasteiger partial charge in [0, 0.05) is 52.1 Å². The first-order valence-corrected chi connectivity index (χ1v) is 22.1. The van der Waals surface area contributed by atoms with E-state index in [9.17, 15) is 63.0 Å². The van der Waals surface area contributed by atoms with E-state index in [0.717, 1.165) is 4.90 Å². The minimum atomic E-state index is -1.52. The zero-order valence-electron chi connectivity index (χ0n) is 35.5. The molecule has 370 valence electrons. The van der Waals surface area contributed by atoms with Crippen LogP contribution >= 0.6 is 39.1 Å². The Kier molecular flexibility index (Phi) is 35.4. The summed E-state index contributed by atoms with van der Waals surface area (Å²) in [6.45, 7) is -2.04. The van der Waals surface area contributed by atoms with E-state index in [2.05, 4.69) is 58.5 Å². The van der Waals surface area contributed by atoms with Crippen LogP contribution in [0.5, 0.6) is 0 Å². The minimum absolute atomic E-state index is 0.000201. The maximum Gasteiger partial charge on any atom is 0.326 e. The second-order valence-electron chi connectivity index (χ2n) is 13.1. The molecule has 0 aromatic carbocycles. The third-order valence-electron chi connectivity index (χ3n) is 7.80. The van der Waals surface area contributed by atoms with Crippen LogP contribution in [0.2, 0.25) is 0 Å². The number of carboxylic acid groups (broad SMARTS) is 2. The molecule has 0 heterocycles. The number of aliphatic carboxylic acids is 2. The van der Waals surface area contributed by atoms with Crippen molar-refractivity contribution in [2.45, 2.75) is 37.8 Å². The van der Waals surface area contributed by atoms with Crippen molar-refractivity contribution in [3.05, 3.63) is 0 Å². The molecule has 0 aromatic rings. The summed E-state index contributed by atoms with van der Waals surface area (Å²) in [7, 11) is 0. The monoisotopic (exact) mass is 1040 g/mol. The van der Waals surface area contributed by atoms with E-state index in [0.29, 0.717) is 6.54 Å². The van der Waals surface area contributed by atoms with Crippen LogP contribution in [0, 0.1) is 0 Å². The van der Waals surface area contributed by atoms with Gasteiger partial charge in [0.1, 0.15) is 50.1 Å². The summed E-state index contributed by atoms with van der Waals surface area (Å²) in [6.07, 6.45) is -1.46. The molecule has 0 rings (SSSR count). The fourth-order valence-electron chi connectivity index (χ4n) is 4.75. The second-order valence-corrected chi connectivity index (χ2v) is 14.2. The number of alkyl halides is 3. The molecule has 0 radical (unpaired) electrons. The number of carbonyl (C=O) groups excluding carboxylic acids is 9. The topological polar surface area (TPSA) is 365 Å². The Morgan fingerprint density at radius 2 is 0.877 bits per heavy atom. The van der Waals surface area contributed by atoms with Gasteiger partial charge >= 0.3 is 11.9 Å². The molecule has 0 aromatic heterocycles. The number of carboxylic acids is 2. The Labute approximate surface area is 392 Å². The van der Waals surface area contributed by atoms with Crippen molar-refractivity contribution in [2.24, 2.45) is 0 Å². The van der Waals surface area contributed by atoms with Gasteiger partial charge in [0.15, 0.2) is 0 Å². The van der Waals surface area contributed by atoms with Gasteiger partial charge in [-0.2, -0.15) is 0 Å². The number of amides is 9. The molecule has 0 aliphatic carbocycles. The molecule has 0 fully saturated rings. The Morgan fingerprint density at radius 3 is 1.31 bits per heavy atom. The Morgan fingerprint density at radius 1 is 0.477 bits per heavy atom. The van der Waals surface area contributed by atoms with E-state index < -0.39 is 110 Å². The van der Waals surface area contributed by atoms with E-state index in [-0.39, 0.29) is 108 Å². The maximum atomic E-state index is 13.6. The van der Waals surface area contributed by atoms with Gasteiger partial charge in [-0.1, -0.05) is 15.9 Å². The van der Waals surface area contributed by atoms with Crippen molar-refractivity contribution in [2.75, 3.05) is 122 Å². The number of halogens is 3. The summed E-state index contributed by atoms with van der Waals surface area (Å²) in [6, 6.07) is -2.87. The van der Waals surface area contributed by atoms with Gasteiger partial charge in [0.2, 0.25) is 53.2 Å². The highest BCUT2D eigenvalue weighted by atomic mass is 79.9. The summed E-state index contributed by atoms with van der Waals surface area (Å²) in [5.41, 5.74) is 0. The molecule has 0 bridgehead atoms. The van der Waals surface area contributed by atoms with Crippen LogP contribution in [-0.4, -0.2) is 215 Å². The molecule has 0 saturated heterocycles. The highest BCUT2D eigenvalue weighted by Gasteiger charge is 2.29. The first-order chi connectivity index (χ1) is 31.0. The van der Waals surface area contributed by atoms with Crippen molar-refractivity contribution in [3.63, 3.8) is 0 Å². The third kappa shape index (κ3) is 34.1. The number of nitrogens with one attached hydrogen (secondary N) is 8. The van der Waals surface area contributed by atoms with Crippen LogP contribution in [0.3, 0.4) is 0 Å². The van der Waals surface area contributed by atoms with Gasteiger partial charge in [-0.15, -0.1) is 23.2 Å². The van der Waals surface area contributed by atoms with E-state index in [4.69, 9.17) is 42.1 Å². The van der Waals surface area contributed by atoms with Crippen LogP contribution in [0.25, 0.3) is 0 Å². The Balaban J connectivity index is 4.85. The fraction of sp³-hybridized carbons (Fsp3) is 0.694. The van der Waals surface area contributed by atoms with E-state index >= 15 is 0 Å². The predicted octanol–water partition coefficient (Wildman–Crippen LogP) is -4.85. The Hall–Kier alpha value is -4.93. The number of nitrogens with zero attached hydrogens (tertiary/aromatic N) is 1. The lowest BCUT2D eigenvalue weighted by Crippen LogP contribution is -2.54. The van der Waals surface area contributed by atoms with Gasteiger partial charge in [0.25, 0.3) is 0 Å². The molecule has 0 unspecified atom stereocenters. The normalized spacial score (nSPS) is 11.5. The standard InChI is InChI=1S/C36H58BrCl2N9O17/c37-17-27(50)45-10-12-63-14-16-65-23-33(56)47-25(36(60)61)1-3-26(49)44-9-11-62-13-15-64-22-32(55)46-24(2-4-34(57)58)35(59)48(20-30(53)42-7-5-40-28(51)18-38)21-31(54)43-8-6-41-29(52)19-39/h24-25H,1-23H2,(H,40,51)(H,41,52)(H,42,53)(H,43,54)(H,44,49)(H,45,50)(H,46,55)(H,47,56)(H,57,58)(H,60,61)/t24-,25-/m1/s1. The minimum Gasteiger partial charge on any atom is -0.481 e. The molecule has 29 heteroatoms. The molecule has 0 spiro atoms. The van der Waals surface area contributed by atoms with Crippen LogP contribution in [0.1, 0.15) is 25.7 Å². The summed E-state index contributed by atoms with van der Waals surface area (Å²) in [4.78, 5) is 134. The van der Waals surface area contributed by atoms with E-state index in [1.807, 2.05) is 0 Å². The summed E-state index contributed by atoms with van der Waals surface area (Å²) >= 11 is 13.8. The average molecular weight is 1040 g/mol. The number of ether oxygens (including phenoxy) is 4. The lowest BCUT2D eigenvalue weighted by atomic mass is 10.1. The van der Waals surface area contributed by atoms with Gasteiger partial charge in [-0.25, -0.2) is 4.79 Å². The molecule has 0 aliphatic rings. The fourth-order valence-corrected chi connectivity index (χ4v) is 5.14. The lowest BCUT2D eigenvalue weighted by Gasteiger charge is -2.27.